The lowest BCUT2D eigenvalue weighted by Crippen LogP contribution is -2.43. The summed E-state index contributed by atoms with van der Waals surface area (Å²) in [5.74, 6) is 0. The number of rotatable bonds is 5. The molecule has 20 heavy (non-hydrogen) atoms. The fraction of sp³-hybridized carbons (Fsp3) is 0.600. The SMILES string of the molecule is CCN1CCC(NC(C)c2ccccc2[N+](=O)[O-])CC1. The lowest BCUT2D eigenvalue weighted by Gasteiger charge is -2.33. The van der Waals surface area contributed by atoms with Crippen molar-refractivity contribution in [3.8, 4) is 0 Å². The van der Waals surface area contributed by atoms with Gasteiger partial charge in [-0.2, -0.15) is 0 Å². The number of nitro benzene ring substituents is 1. The number of likely N-dealkylation sites (tertiary alicyclic amines) is 1. The van der Waals surface area contributed by atoms with Gasteiger partial charge in [0.1, 0.15) is 0 Å². The van der Waals surface area contributed by atoms with Crippen molar-refractivity contribution in [3.63, 3.8) is 0 Å². The van der Waals surface area contributed by atoms with Crippen LogP contribution in [0.4, 0.5) is 5.69 Å². The summed E-state index contributed by atoms with van der Waals surface area (Å²) in [6.45, 7) is 7.51. The maximum Gasteiger partial charge on any atom is 0.274 e. The van der Waals surface area contributed by atoms with Crippen LogP contribution in [0.1, 0.15) is 38.3 Å². The molecule has 2 rings (SSSR count). The molecule has 0 aliphatic carbocycles. The van der Waals surface area contributed by atoms with Crippen LogP contribution in [0.5, 0.6) is 0 Å². The zero-order valence-electron chi connectivity index (χ0n) is 12.2. The summed E-state index contributed by atoms with van der Waals surface area (Å²) in [7, 11) is 0. The minimum absolute atomic E-state index is 0.00905. The Bertz CT molecular complexity index is 456. The molecule has 1 aliphatic heterocycles. The molecule has 1 aromatic carbocycles. The van der Waals surface area contributed by atoms with Crippen molar-refractivity contribution in [1.82, 2.24) is 10.2 Å². The number of benzene rings is 1. The summed E-state index contributed by atoms with van der Waals surface area (Å²) in [5.41, 5.74) is 0.980. The molecule has 1 unspecified atom stereocenters. The molecule has 110 valence electrons. The van der Waals surface area contributed by atoms with Gasteiger partial charge >= 0.3 is 0 Å². The molecule has 1 fully saturated rings. The molecule has 0 spiro atoms. The first kappa shape index (κ1) is 14.9. The Morgan fingerprint density at radius 2 is 2.05 bits per heavy atom. The van der Waals surface area contributed by atoms with Gasteiger partial charge in [0.05, 0.1) is 4.92 Å². The third-order valence-corrected chi connectivity index (χ3v) is 4.12. The van der Waals surface area contributed by atoms with Gasteiger partial charge in [0.25, 0.3) is 5.69 Å². The van der Waals surface area contributed by atoms with Gasteiger partial charge in [-0.3, -0.25) is 10.1 Å². The highest BCUT2D eigenvalue weighted by molar-refractivity contribution is 5.41. The Labute approximate surface area is 120 Å². The fourth-order valence-corrected chi connectivity index (χ4v) is 2.88. The highest BCUT2D eigenvalue weighted by atomic mass is 16.6. The van der Waals surface area contributed by atoms with Crippen LogP contribution in [-0.2, 0) is 0 Å². The van der Waals surface area contributed by atoms with Gasteiger partial charge < -0.3 is 10.2 Å². The van der Waals surface area contributed by atoms with Crippen LogP contribution in [0, 0.1) is 10.1 Å². The molecule has 0 saturated carbocycles. The molecule has 0 amide bonds. The molecule has 1 saturated heterocycles. The fourth-order valence-electron chi connectivity index (χ4n) is 2.88. The van der Waals surface area contributed by atoms with Crippen molar-refractivity contribution in [2.45, 2.75) is 38.8 Å². The zero-order chi connectivity index (χ0) is 14.5. The number of hydrogen-bond donors (Lipinski definition) is 1. The third-order valence-electron chi connectivity index (χ3n) is 4.12. The summed E-state index contributed by atoms with van der Waals surface area (Å²) in [4.78, 5) is 13.2. The first-order valence-electron chi connectivity index (χ1n) is 7.33. The Hall–Kier alpha value is -1.46. The molecule has 1 aliphatic rings. The van der Waals surface area contributed by atoms with E-state index in [9.17, 15) is 10.1 Å². The normalized spacial score (nSPS) is 18.9. The molecule has 1 aromatic rings. The maximum absolute atomic E-state index is 11.1. The van der Waals surface area contributed by atoms with Gasteiger partial charge in [0.2, 0.25) is 0 Å². The van der Waals surface area contributed by atoms with E-state index in [-0.39, 0.29) is 16.7 Å². The van der Waals surface area contributed by atoms with Crippen molar-refractivity contribution in [2.75, 3.05) is 19.6 Å². The number of piperidine rings is 1. The van der Waals surface area contributed by atoms with Crippen LogP contribution in [0.3, 0.4) is 0 Å². The topological polar surface area (TPSA) is 58.4 Å². The lowest BCUT2D eigenvalue weighted by molar-refractivity contribution is -0.385. The van der Waals surface area contributed by atoms with Crippen molar-refractivity contribution < 1.29 is 4.92 Å². The van der Waals surface area contributed by atoms with E-state index in [4.69, 9.17) is 0 Å². The second-order valence-corrected chi connectivity index (χ2v) is 5.41. The van der Waals surface area contributed by atoms with Crippen LogP contribution < -0.4 is 5.32 Å². The van der Waals surface area contributed by atoms with Crippen LogP contribution in [-0.4, -0.2) is 35.5 Å². The standard InChI is InChI=1S/C15H23N3O2/c1-3-17-10-8-13(9-11-17)16-12(2)14-6-4-5-7-15(14)18(19)20/h4-7,12-13,16H,3,8-11H2,1-2H3. The minimum Gasteiger partial charge on any atom is -0.307 e. The number of nitrogens with one attached hydrogen (secondary N) is 1. The molecule has 5 nitrogen and oxygen atoms in total. The minimum atomic E-state index is -0.298. The molecule has 1 atom stereocenters. The van der Waals surface area contributed by atoms with Crippen molar-refractivity contribution in [1.29, 1.82) is 0 Å². The summed E-state index contributed by atoms with van der Waals surface area (Å²) in [6, 6.07) is 7.46. The first-order chi connectivity index (χ1) is 9.61. The van der Waals surface area contributed by atoms with E-state index in [2.05, 4.69) is 17.1 Å². The molecule has 0 radical (unpaired) electrons. The molecule has 5 heteroatoms. The number of nitrogens with zero attached hydrogens (tertiary/aromatic N) is 2. The lowest BCUT2D eigenvalue weighted by atomic mass is 10.0. The molecule has 1 N–H and O–H groups in total. The Kier molecular flexibility index (Phi) is 5.09. The van der Waals surface area contributed by atoms with Crippen LogP contribution in [0.15, 0.2) is 24.3 Å². The van der Waals surface area contributed by atoms with Crippen LogP contribution in [0.25, 0.3) is 0 Å². The Balaban J connectivity index is 1.99. The second-order valence-electron chi connectivity index (χ2n) is 5.41. The second kappa shape index (κ2) is 6.81. The van der Waals surface area contributed by atoms with E-state index in [0.717, 1.165) is 38.0 Å². The molecule has 0 aromatic heterocycles. The molecular weight excluding hydrogens is 254 g/mol. The number of hydrogen-bond acceptors (Lipinski definition) is 4. The molecule has 0 bridgehead atoms. The Morgan fingerprint density at radius 3 is 2.65 bits per heavy atom. The zero-order valence-corrected chi connectivity index (χ0v) is 12.2. The average molecular weight is 277 g/mol. The summed E-state index contributed by atoms with van der Waals surface area (Å²) >= 11 is 0. The van der Waals surface area contributed by atoms with E-state index in [1.807, 2.05) is 19.1 Å². The predicted molar refractivity (Wildman–Crippen MR) is 79.8 cm³/mol. The molecule has 1 heterocycles. The van der Waals surface area contributed by atoms with E-state index in [0.29, 0.717) is 6.04 Å². The van der Waals surface area contributed by atoms with Gasteiger partial charge in [0, 0.05) is 23.7 Å². The molecular formula is C15H23N3O2. The number of para-hydroxylation sites is 1. The van der Waals surface area contributed by atoms with Crippen molar-refractivity contribution in [2.24, 2.45) is 0 Å². The van der Waals surface area contributed by atoms with E-state index >= 15 is 0 Å². The third kappa shape index (κ3) is 3.55. The van der Waals surface area contributed by atoms with Crippen LogP contribution in [0.2, 0.25) is 0 Å². The highest BCUT2D eigenvalue weighted by Crippen LogP contribution is 2.25. The van der Waals surface area contributed by atoms with Crippen molar-refractivity contribution >= 4 is 5.69 Å². The van der Waals surface area contributed by atoms with Gasteiger partial charge in [-0.25, -0.2) is 0 Å². The van der Waals surface area contributed by atoms with Gasteiger partial charge in [-0.1, -0.05) is 25.1 Å². The first-order valence-corrected chi connectivity index (χ1v) is 7.33. The Morgan fingerprint density at radius 1 is 1.40 bits per heavy atom. The van der Waals surface area contributed by atoms with Gasteiger partial charge in [0.15, 0.2) is 0 Å². The number of nitro groups is 1. The summed E-state index contributed by atoms with van der Waals surface area (Å²) in [6.07, 6.45) is 2.22. The van der Waals surface area contributed by atoms with E-state index in [1.54, 1.807) is 12.1 Å². The monoisotopic (exact) mass is 277 g/mol. The smallest absolute Gasteiger partial charge is 0.274 e. The van der Waals surface area contributed by atoms with E-state index < -0.39 is 0 Å². The van der Waals surface area contributed by atoms with Gasteiger partial charge in [-0.15, -0.1) is 0 Å². The predicted octanol–water partition coefficient (Wildman–Crippen LogP) is 2.73. The summed E-state index contributed by atoms with van der Waals surface area (Å²) in [5, 5.41) is 14.6. The van der Waals surface area contributed by atoms with Crippen molar-refractivity contribution in [3.05, 3.63) is 39.9 Å². The quantitative estimate of drug-likeness (QED) is 0.664. The van der Waals surface area contributed by atoms with Gasteiger partial charge in [-0.05, 0) is 39.4 Å². The summed E-state index contributed by atoms with van der Waals surface area (Å²) < 4.78 is 0. The van der Waals surface area contributed by atoms with E-state index in [1.165, 1.54) is 0 Å². The highest BCUT2D eigenvalue weighted by Gasteiger charge is 2.23. The average Bonchev–Trinajstić information content (AvgIpc) is 2.48. The maximum atomic E-state index is 11.1. The largest absolute Gasteiger partial charge is 0.307 e. The van der Waals surface area contributed by atoms with Crippen LogP contribution >= 0.6 is 0 Å².